The lowest BCUT2D eigenvalue weighted by Crippen LogP contribution is -2.40. The average molecular weight is 329 g/mol. The highest BCUT2D eigenvalue weighted by Crippen LogP contribution is 2.61. The molecule has 1 aliphatic heterocycles. The minimum atomic E-state index is -1.15. The van der Waals surface area contributed by atoms with Crippen LogP contribution in [0.15, 0.2) is 0 Å². The van der Waals surface area contributed by atoms with Gasteiger partial charge in [0.05, 0.1) is 0 Å². The Bertz CT molecular complexity index is 393. The van der Waals surface area contributed by atoms with Crippen molar-refractivity contribution in [1.29, 1.82) is 0 Å². The van der Waals surface area contributed by atoms with Gasteiger partial charge in [-0.25, -0.2) is 4.79 Å². The number of hydrogen-bond donors (Lipinski definition) is 3. The average Bonchev–Trinajstić information content (AvgIpc) is 2.83. The number of amides is 3. The zero-order valence-corrected chi connectivity index (χ0v) is 15.0. The van der Waals surface area contributed by atoms with Crippen molar-refractivity contribution in [3.8, 4) is 0 Å². The third-order valence-electron chi connectivity index (χ3n) is 3.98. The summed E-state index contributed by atoms with van der Waals surface area (Å²) in [4.78, 5) is 32.6. The lowest BCUT2D eigenvalue weighted by Gasteiger charge is -2.21. The zero-order valence-electron chi connectivity index (χ0n) is 15.0. The topological polar surface area (TPSA) is 98.7 Å². The Kier molecular flexibility index (Phi) is 8.64. The van der Waals surface area contributed by atoms with E-state index in [1.54, 1.807) is 11.9 Å². The Morgan fingerprint density at radius 1 is 1.26 bits per heavy atom. The molecule has 0 aromatic heterocycles. The number of carboxylic acid groups (broad SMARTS) is 1. The lowest BCUT2D eigenvalue weighted by molar-refractivity contribution is -0.130. The predicted octanol–water partition coefficient (Wildman–Crippen LogP) is 1.39. The van der Waals surface area contributed by atoms with Crippen LogP contribution in [0.25, 0.3) is 0 Å². The SMILES string of the molecule is CC(C)C.CC1(C)C2CN(C(=O)CNC(=O)O)CC21.CNC=O. The molecule has 0 aromatic carbocycles. The summed E-state index contributed by atoms with van der Waals surface area (Å²) in [6, 6.07) is 0. The molecule has 0 aromatic rings. The van der Waals surface area contributed by atoms with Crippen LogP contribution in [-0.4, -0.2) is 55.1 Å². The van der Waals surface area contributed by atoms with Gasteiger partial charge < -0.3 is 20.6 Å². The summed E-state index contributed by atoms with van der Waals surface area (Å²) >= 11 is 0. The van der Waals surface area contributed by atoms with Gasteiger partial charge in [-0.3, -0.25) is 9.59 Å². The molecule has 7 heteroatoms. The van der Waals surface area contributed by atoms with Gasteiger partial charge in [0.2, 0.25) is 12.3 Å². The van der Waals surface area contributed by atoms with Crippen molar-refractivity contribution in [2.75, 3.05) is 26.7 Å². The number of hydrogen-bond acceptors (Lipinski definition) is 3. The van der Waals surface area contributed by atoms with E-state index in [2.05, 4.69) is 45.3 Å². The fourth-order valence-corrected chi connectivity index (χ4v) is 2.60. The van der Waals surface area contributed by atoms with Crippen LogP contribution in [-0.2, 0) is 9.59 Å². The van der Waals surface area contributed by atoms with E-state index in [0.717, 1.165) is 19.0 Å². The summed E-state index contributed by atoms with van der Waals surface area (Å²) in [5, 5.41) is 12.7. The van der Waals surface area contributed by atoms with Crippen LogP contribution in [0.1, 0.15) is 34.6 Å². The predicted molar refractivity (Wildman–Crippen MR) is 89.0 cm³/mol. The largest absolute Gasteiger partial charge is 0.465 e. The first-order chi connectivity index (χ1) is 10.6. The van der Waals surface area contributed by atoms with E-state index in [9.17, 15) is 9.59 Å². The molecule has 7 nitrogen and oxygen atoms in total. The Balaban J connectivity index is 0.000000509. The van der Waals surface area contributed by atoms with Crippen LogP contribution in [0.3, 0.4) is 0 Å². The molecule has 1 saturated heterocycles. The highest BCUT2D eigenvalue weighted by atomic mass is 16.4. The number of nitrogens with zero attached hydrogens (tertiary/aromatic N) is 1. The van der Waals surface area contributed by atoms with Crippen LogP contribution in [0.5, 0.6) is 0 Å². The highest BCUT2D eigenvalue weighted by molar-refractivity contribution is 5.82. The maximum Gasteiger partial charge on any atom is 0.405 e. The Labute approximate surface area is 138 Å². The van der Waals surface area contributed by atoms with E-state index >= 15 is 0 Å². The zero-order chi connectivity index (χ0) is 18.2. The van der Waals surface area contributed by atoms with Crippen molar-refractivity contribution < 1.29 is 19.5 Å². The number of rotatable bonds is 3. The third kappa shape index (κ3) is 7.34. The van der Waals surface area contributed by atoms with Gasteiger partial charge in [0, 0.05) is 20.1 Å². The molecule has 23 heavy (non-hydrogen) atoms. The molecular weight excluding hydrogens is 298 g/mol. The second kappa shape index (κ2) is 9.37. The van der Waals surface area contributed by atoms with Crippen molar-refractivity contribution in [2.24, 2.45) is 23.2 Å². The molecule has 2 atom stereocenters. The van der Waals surface area contributed by atoms with E-state index in [4.69, 9.17) is 9.90 Å². The highest BCUT2D eigenvalue weighted by Gasteiger charge is 2.62. The van der Waals surface area contributed by atoms with Crippen molar-refractivity contribution >= 4 is 18.4 Å². The molecule has 3 amide bonds. The second-order valence-corrected chi connectivity index (χ2v) is 7.13. The van der Waals surface area contributed by atoms with Crippen LogP contribution in [0.4, 0.5) is 4.79 Å². The molecular formula is C16H31N3O4. The quantitative estimate of drug-likeness (QED) is 0.681. The van der Waals surface area contributed by atoms with Gasteiger partial charge in [0.1, 0.15) is 6.54 Å². The monoisotopic (exact) mass is 329 g/mol. The molecule has 2 unspecified atom stereocenters. The van der Waals surface area contributed by atoms with Gasteiger partial charge in [0.15, 0.2) is 0 Å². The standard InChI is InChI=1S/C10H16N2O3.C4H10.C2H5NO/c1-10(2)6-4-12(5-7(6)10)8(13)3-11-9(14)15;1-4(2)3;1-3-2-4/h6-7,11H,3-5H2,1-2H3,(H,14,15);4H,1-3H3;2H,1H3,(H,3,4). The Hall–Kier alpha value is -1.79. The maximum atomic E-state index is 11.5. The number of likely N-dealkylation sites (tertiary alicyclic amines) is 1. The first-order valence-corrected chi connectivity index (χ1v) is 7.93. The summed E-state index contributed by atoms with van der Waals surface area (Å²) in [6.45, 7) is 12.4. The van der Waals surface area contributed by atoms with E-state index in [1.165, 1.54) is 0 Å². The minimum absolute atomic E-state index is 0.102. The molecule has 3 N–H and O–H groups in total. The van der Waals surface area contributed by atoms with Crippen molar-refractivity contribution in [3.63, 3.8) is 0 Å². The van der Waals surface area contributed by atoms with Crippen molar-refractivity contribution in [3.05, 3.63) is 0 Å². The van der Waals surface area contributed by atoms with Crippen LogP contribution in [0, 0.1) is 23.2 Å². The summed E-state index contributed by atoms with van der Waals surface area (Å²) < 4.78 is 0. The molecule has 0 radical (unpaired) electrons. The van der Waals surface area contributed by atoms with Gasteiger partial charge in [-0.15, -0.1) is 0 Å². The number of piperidine rings is 1. The van der Waals surface area contributed by atoms with Gasteiger partial charge >= 0.3 is 6.09 Å². The number of fused-ring (bicyclic) bond motifs is 1. The van der Waals surface area contributed by atoms with Crippen LogP contribution >= 0.6 is 0 Å². The van der Waals surface area contributed by atoms with Crippen molar-refractivity contribution in [2.45, 2.75) is 34.6 Å². The Morgan fingerprint density at radius 2 is 1.65 bits per heavy atom. The van der Waals surface area contributed by atoms with E-state index in [1.807, 2.05) is 0 Å². The summed E-state index contributed by atoms with van der Waals surface area (Å²) in [7, 11) is 1.56. The van der Waals surface area contributed by atoms with Crippen molar-refractivity contribution in [1.82, 2.24) is 15.5 Å². The third-order valence-corrected chi connectivity index (χ3v) is 3.98. The van der Waals surface area contributed by atoms with Crippen LogP contribution in [0.2, 0.25) is 0 Å². The smallest absolute Gasteiger partial charge is 0.405 e. The molecule has 0 bridgehead atoms. The van der Waals surface area contributed by atoms with Crippen LogP contribution < -0.4 is 10.6 Å². The van der Waals surface area contributed by atoms with E-state index in [-0.39, 0.29) is 12.5 Å². The first kappa shape index (κ1) is 21.2. The molecule has 1 saturated carbocycles. The van der Waals surface area contributed by atoms with Gasteiger partial charge in [-0.2, -0.15) is 0 Å². The van der Waals surface area contributed by atoms with E-state index in [0.29, 0.717) is 23.7 Å². The van der Waals surface area contributed by atoms with Gasteiger partial charge in [-0.05, 0) is 23.2 Å². The second-order valence-electron chi connectivity index (χ2n) is 7.13. The minimum Gasteiger partial charge on any atom is -0.465 e. The molecule has 2 rings (SSSR count). The lowest BCUT2D eigenvalue weighted by atomic mass is 10.1. The summed E-state index contributed by atoms with van der Waals surface area (Å²) in [6.07, 6.45) is -0.520. The number of nitrogens with one attached hydrogen (secondary N) is 2. The summed E-state index contributed by atoms with van der Waals surface area (Å²) in [5.41, 5.74) is 0.386. The molecule has 2 fully saturated rings. The number of carbonyl (C=O) groups excluding carboxylic acids is 2. The molecule has 134 valence electrons. The first-order valence-electron chi connectivity index (χ1n) is 7.93. The maximum absolute atomic E-state index is 11.5. The van der Waals surface area contributed by atoms with Gasteiger partial charge in [-0.1, -0.05) is 34.6 Å². The normalized spacial score (nSPS) is 22.7. The van der Waals surface area contributed by atoms with Gasteiger partial charge in [0.25, 0.3) is 0 Å². The Morgan fingerprint density at radius 3 is 1.96 bits per heavy atom. The fourth-order valence-electron chi connectivity index (χ4n) is 2.60. The summed E-state index contributed by atoms with van der Waals surface area (Å²) in [5.74, 6) is 1.96. The number of carbonyl (C=O) groups is 3. The fraction of sp³-hybridized carbons (Fsp3) is 0.812. The molecule has 1 aliphatic carbocycles. The molecule has 2 aliphatic rings. The van der Waals surface area contributed by atoms with E-state index < -0.39 is 6.09 Å². The molecule has 1 heterocycles. The molecule has 0 spiro atoms.